The Morgan fingerprint density at radius 2 is 2.07 bits per heavy atom. The third-order valence-electron chi connectivity index (χ3n) is 2.48. The Balaban J connectivity index is 2.70. The van der Waals surface area contributed by atoms with Gasteiger partial charge in [-0.25, -0.2) is 9.97 Å². The van der Waals surface area contributed by atoms with Crippen LogP contribution in [0.15, 0.2) is 16.9 Å². The van der Waals surface area contributed by atoms with Crippen molar-refractivity contribution in [3.05, 3.63) is 16.9 Å². The zero-order chi connectivity index (χ0) is 11.3. The molecule has 0 bridgehead atoms. The van der Waals surface area contributed by atoms with Gasteiger partial charge in [-0.3, -0.25) is 0 Å². The van der Waals surface area contributed by atoms with Crippen molar-refractivity contribution in [1.29, 1.82) is 0 Å². The van der Waals surface area contributed by atoms with E-state index in [9.17, 15) is 0 Å². The molecule has 15 heavy (non-hydrogen) atoms. The third-order valence-corrected chi connectivity index (χ3v) is 2.89. The number of rotatable bonds is 5. The van der Waals surface area contributed by atoms with Crippen LogP contribution in [0.2, 0.25) is 0 Å². The van der Waals surface area contributed by atoms with Gasteiger partial charge in [0, 0.05) is 24.5 Å². The van der Waals surface area contributed by atoms with Gasteiger partial charge >= 0.3 is 0 Å². The monoisotopic (exact) mass is 273 g/mol. The molecule has 0 fully saturated rings. The highest BCUT2D eigenvalue weighted by Crippen LogP contribution is 2.19. The molecule has 0 amide bonds. The van der Waals surface area contributed by atoms with Gasteiger partial charge in [0.25, 0.3) is 0 Å². The summed E-state index contributed by atoms with van der Waals surface area (Å²) in [5, 5.41) is 12.2. The second kappa shape index (κ2) is 5.42. The van der Waals surface area contributed by atoms with Gasteiger partial charge in [-0.2, -0.15) is 0 Å². The number of nitrogens with one attached hydrogen (secondary N) is 1. The number of aliphatic hydroxyl groups is 1. The Morgan fingerprint density at radius 3 is 2.53 bits per heavy atom. The molecule has 0 radical (unpaired) electrons. The molecule has 0 aliphatic heterocycles. The van der Waals surface area contributed by atoms with Crippen molar-refractivity contribution in [2.24, 2.45) is 0 Å². The van der Waals surface area contributed by atoms with Crippen LogP contribution in [0.4, 0.5) is 5.95 Å². The van der Waals surface area contributed by atoms with Crippen LogP contribution in [0.1, 0.15) is 26.7 Å². The first-order valence-corrected chi connectivity index (χ1v) is 5.75. The molecule has 0 saturated heterocycles. The molecular formula is C10H16BrN3O. The molecule has 4 nitrogen and oxygen atoms in total. The van der Waals surface area contributed by atoms with Gasteiger partial charge in [-0.15, -0.1) is 0 Å². The van der Waals surface area contributed by atoms with Crippen LogP contribution in [-0.2, 0) is 0 Å². The Morgan fingerprint density at radius 1 is 1.47 bits per heavy atom. The van der Waals surface area contributed by atoms with Crippen LogP contribution >= 0.6 is 15.9 Å². The van der Waals surface area contributed by atoms with Crippen molar-refractivity contribution in [2.75, 3.05) is 11.9 Å². The van der Waals surface area contributed by atoms with E-state index in [1.54, 1.807) is 12.4 Å². The van der Waals surface area contributed by atoms with E-state index in [0.29, 0.717) is 12.4 Å². The molecule has 1 rings (SSSR count). The van der Waals surface area contributed by atoms with Crippen LogP contribution in [0, 0.1) is 0 Å². The van der Waals surface area contributed by atoms with Gasteiger partial charge in [0.05, 0.1) is 4.47 Å². The fourth-order valence-electron chi connectivity index (χ4n) is 1.22. The lowest BCUT2D eigenvalue weighted by Gasteiger charge is -2.28. The van der Waals surface area contributed by atoms with Gasteiger partial charge < -0.3 is 10.4 Å². The predicted molar refractivity (Wildman–Crippen MR) is 63.8 cm³/mol. The first-order chi connectivity index (χ1) is 7.09. The lowest BCUT2D eigenvalue weighted by molar-refractivity contribution is 0.251. The smallest absolute Gasteiger partial charge is 0.223 e. The summed E-state index contributed by atoms with van der Waals surface area (Å²) in [7, 11) is 0. The molecule has 0 spiro atoms. The van der Waals surface area contributed by atoms with E-state index in [4.69, 9.17) is 5.11 Å². The molecule has 84 valence electrons. The van der Waals surface area contributed by atoms with E-state index in [2.05, 4.69) is 45.1 Å². The minimum absolute atomic E-state index is 0.150. The summed E-state index contributed by atoms with van der Waals surface area (Å²) in [6.07, 6.45) is 4.99. The number of hydrogen-bond acceptors (Lipinski definition) is 4. The average molecular weight is 274 g/mol. The van der Waals surface area contributed by atoms with Gasteiger partial charge in [-0.1, -0.05) is 6.92 Å². The Labute approximate surface area is 98.3 Å². The van der Waals surface area contributed by atoms with Crippen LogP contribution in [-0.4, -0.2) is 27.2 Å². The second-order valence-electron chi connectivity index (χ2n) is 3.74. The highest BCUT2D eigenvalue weighted by Gasteiger charge is 2.21. The molecule has 0 aromatic carbocycles. The number of aliphatic hydroxyl groups excluding tert-OH is 1. The van der Waals surface area contributed by atoms with Crippen LogP contribution < -0.4 is 5.32 Å². The van der Waals surface area contributed by atoms with E-state index in [0.717, 1.165) is 10.9 Å². The van der Waals surface area contributed by atoms with Crippen molar-refractivity contribution in [3.63, 3.8) is 0 Å². The molecule has 2 N–H and O–H groups in total. The maximum atomic E-state index is 8.97. The van der Waals surface area contributed by atoms with Crippen molar-refractivity contribution in [1.82, 2.24) is 9.97 Å². The summed E-state index contributed by atoms with van der Waals surface area (Å²) < 4.78 is 0.855. The molecular weight excluding hydrogens is 258 g/mol. The van der Waals surface area contributed by atoms with E-state index in [-0.39, 0.29) is 12.1 Å². The molecule has 0 aliphatic rings. The molecule has 1 atom stereocenters. The van der Waals surface area contributed by atoms with E-state index in [1.165, 1.54) is 0 Å². The summed E-state index contributed by atoms with van der Waals surface area (Å²) in [5.74, 6) is 0.594. The number of aromatic nitrogens is 2. The van der Waals surface area contributed by atoms with Crippen LogP contribution in [0.3, 0.4) is 0 Å². The summed E-state index contributed by atoms with van der Waals surface area (Å²) >= 11 is 3.28. The zero-order valence-corrected chi connectivity index (χ0v) is 10.6. The lowest BCUT2D eigenvalue weighted by Crippen LogP contribution is -2.35. The van der Waals surface area contributed by atoms with E-state index < -0.39 is 0 Å². The summed E-state index contributed by atoms with van der Waals surface area (Å²) in [6.45, 7) is 4.28. The van der Waals surface area contributed by atoms with Crippen LogP contribution in [0.5, 0.6) is 0 Å². The fourth-order valence-corrected chi connectivity index (χ4v) is 1.43. The fraction of sp³-hybridized carbons (Fsp3) is 0.600. The first kappa shape index (κ1) is 12.4. The molecule has 1 aromatic rings. The van der Waals surface area contributed by atoms with Gasteiger partial charge in [-0.05, 0) is 35.7 Å². The minimum Gasteiger partial charge on any atom is -0.396 e. The highest BCUT2D eigenvalue weighted by molar-refractivity contribution is 9.10. The van der Waals surface area contributed by atoms with Gasteiger partial charge in [0.2, 0.25) is 5.95 Å². The summed E-state index contributed by atoms with van der Waals surface area (Å²) in [5.41, 5.74) is -0.150. The zero-order valence-electron chi connectivity index (χ0n) is 9.00. The van der Waals surface area contributed by atoms with Crippen molar-refractivity contribution in [3.8, 4) is 0 Å². The highest BCUT2D eigenvalue weighted by atomic mass is 79.9. The summed E-state index contributed by atoms with van der Waals surface area (Å²) in [4.78, 5) is 8.29. The molecule has 1 heterocycles. The minimum atomic E-state index is -0.150. The normalized spacial score (nSPS) is 14.7. The van der Waals surface area contributed by atoms with Crippen LogP contribution in [0.25, 0.3) is 0 Å². The van der Waals surface area contributed by atoms with Crippen molar-refractivity contribution < 1.29 is 5.11 Å². The predicted octanol–water partition coefficient (Wildman–Crippen LogP) is 2.20. The Kier molecular flexibility index (Phi) is 4.47. The SMILES string of the molecule is CCC(C)(CCO)Nc1ncc(Br)cn1. The van der Waals surface area contributed by atoms with Gasteiger partial charge in [0.1, 0.15) is 0 Å². The van der Waals surface area contributed by atoms with E-state index >= 15 is 0 Å². The lowest BCUT2D eigenvalue weighted by atomic mass is 9.95. The summed E-state index contributed by atoms with van der Waals surface area (Å²) in [6, 6.07) is 0. The number of anilines is 1. The van der Waals surface area contributed by atoms with Gasteiger partial charge in [0.15, 0.2) is 0 Å². The first-order valence-electron chi connectivity index (χ1n) is 4.96. The maximum Gasteiger partial charge on any atom is 0.223 e. The largest absolute Gasteiger partial charge is 0.396 e. The molecule has 5 heteroatoms. The molecule has 1 unspecified atom stereocenters. The Bertz CT molecular complexity index is 304. The number of hydrogen-bond donors (Lipinski definition) is 2. The molecule has 0 aliphatic carbocycles. The standard InChI is InChI=1S/C10H16BrN3O/c1-3-10(2,4-5-15)14-9-12-6-8(11)7-13-9/h6-7,15H,3-5H2,1-2H3,(H,12,13,14). The van der Waals surface area contributed by atoms with E-state index in [1.807, 2.05) is 0 Å². The average Bonchev–Trinajstić information content (AvgIpc) is 2.22. The maximum absolute atomic E-state index is 8.97. The molecule has 1 aromatic heterocycles. The van der Waals surface area contributed by atoms with Crippen molar-refractivity contribution in [2.45, 2.75) is 32.2 Å². The van der Waals surface area contributed by atoms with Crippen molar-refractivity contribution >= 4 is 21.9 Å². The second-order valence-corrected chi connectivity index (χ2v) is 4.65. The quantitative estimate of drug-likeness (QED) is 0.864. The molecule has 0 saturated carbocycles. The topological polar surface area (TPSA) is 58.0 Å². The Hall–Kier alpha value is -0.680. The number of halogens is 1. The third kappa shape index (κ3) is 3.76. The number of nitrogens with zero attached hydrogens (tertiary/aromatic N) is 2.